The molecule has 2 aliphatic rings. The van der Waals surface area contributed by atoms with Gasteiger partial charge in [-0.2, -0.15) is 0 Å². The number of nitrogens with zero attached hydrogens (tertiary/aromatic N) is 3. The molecule has 1 N–H and O–H groups in total. The third-order valence-electron chi connectivity index (χ3n) is 5.27. The highest BCUT2D eigenvalue weighted by Gasteiger charge is 2.31. The van der Waals surface area contributed by atoms with E-state index in [1.165, 1.54) is 0 Å². The number of carbonyl (C=O) groups excluding carboxylic acids is 2. The molecule has 0 spiro atoms. The lowest BCUT2D eigenvalue weighted by Gasteiger charge is -2.32. The normalized spacial score (nSPS) is 18.6. The average Bonchev–Trinajstić information content (AvgIpc) is 2.79. The molecule has 1 atom stereocenters. The number of amides is 2. The van der Waals surface area contributed by atoms with Gasteiger partial charge in [0, 0.05) is 38.8 Å². The second-order valence-corrected chi connectivity index (χ2v) is 7.37. The third kappa shape index (κ3) is 4.54. The Morgan fingerprint density at radius 2 is 2.03 bits per heavy atom. The zero-order valence-electron chi connectivity index (χ0n) is 17.0. The first-order valence-corrected chi connectivity index (χ1v) is 10.2. The fourth-order valence-electron chi connectivity index (χ4n) is 3.63. The van der Waals surface area contributed by atoms with Crippen molar-refractivity contribution < 1.29 is 19.1 Å². The van der Waals surface area contributed by atoms with Crippen LogP contribution in [0.25, 0.3) is 0 Å². The van der Waals surface area contributed by atoms with Crippen molar-refractivity contribution in [3.8, 4) is 5.75 Å². The standard InChI is InChI=1S/C22H26N4O4/c1-16-22(28)26(18-4-2-3-5-19(18)30-16)9-7-21(27)24-15-17-6-8-23-20(14-17)25-10-12-29-13-11-25/h2-6,8,14,16H,7,9-13,15H2,1H3,(H,24,27). The van der Waals surface area contributed by atoms with Crippen LogP contribution in [0.2, 0.25) is 0 Å². The summed E-state index contributed by atoms with van der Waals surface area (Å²) >= 11 is 0. The fraction of sp³-hybridized carbons (Fsp3) is 0.409. The highest BCUT2D eigenvalue weighted by molar-refractivity contribution is 6.00. The van der Waals surface area contributed by atoms with Crippen LogP contribution >= 0.6 is 0 Å². The lowest BCUT2D eigenvalue weighted by Crippen LogP contribution is -2.45. The van der Waals surface area contributed by atoms with Gasteiger partial charge in [0.25, 0.3) is 5.91 Å². The lowest BCUT2D eigenvalue weighted by atomic mass is 10.1. The third-order valence-corrected chi connectivity index (χ3v) is 5.27. The van der Waals surface area contributed by atoms with Crippen molar-refractivity contribution in [1.82, 2.24) is 10.3 Å². The van der Waals surface area contributed by atoms with Crippen LogP contribution in [0.1, 0.15) is 18.9 Å². The number of ether oxygens (including phenoxy) is 2. The van der Waals surface area contributed by atoms with E-state index in [0.717, 1.165) is 24.5 Å². The second-order valence-electron chi connectivity index (χ2n) is 7.37. The maximum Gasteiger partial charge on any atom is 0.267 e. The van der Waals surface area contributed by atoms with Gasteiger partial charge in [0.15, 0.2) is 6.10 Å². The molecule has 0 saturated carbocycles. The molecule has 158 valence electrons. The van der Waals surface area contributed by atoms with E-state index in [4.69, 9.17) is 9.47 Å². The van der Waals surface area contributed by atoms with Gasteiger partial charge in [-0.1, -0.05) is 12.1 Å². The van der Waals surface area contributed by atoms with Crippen molar-refractivity contribution in [2.75, 3.05) is 42.6 Å². The number of pyridine rings is 1. The summed E-state index contributed by atoms with van der Waals surface area (Å²) in [6, 6.07) is 11.3. The number of hydrogen-bond donors (Lipinski definition) is 1. The zero-order chi connectivity index (χ0) is 20.9. The minimum atomic E-state index is -0.557. The second kappa shape index (κ2) is 9.13. The number of carbonyl (C=O) groups is 2. The maximum absolute atomic E-state index is 12.5. The molecule has 2 amide bonds. The van der Waals surface area contributed by atoms with E-state index in [9.17, 15) is 9.59 Å². The molecule has 4 rings (SSSR count). The molecule has 3 heterocycles. The summed E-state index contributed by atoms with van der Waals surface area (Å²) in [5.74, 6) is 1.32. The molecule has 1 fully saturated rings. The van der Waals surface area contributed by atoms with Crippen molar-refractivity contribution in [1.29, 1.82) is 0 Å². The number of para-hydroxylation sites is 2. The molecule has 0 radical (unpaired) electrons. The summed E-state index contributed by atoms with van der Waals surface area (Å²) in [5.41, 5.74) is 1.69. The van der Waals surface area contributed by atoms with Crippen molar-refractivity contribution in [2.24, 2.45) is 0 Å². The maximum atomic E-state index is 12.5. The topological polar surface area (TPSA) is 84.0 Å². The number of fused-ring (bicyclic) bond motifs is 1. The quantitative estimate of drug-likeness (QED) is 0.781. The Morgan fingerprint density at radius 3 is 2.87 bits per heavy atom. The minimum Gasteiger partial charge on any atom is -0.479 e. The lowest BCUT2D eigenvalue weighted by molar-refractivity contribution is -0.125. The molecule has 8 nitrogen and oxygen atoms in total. The van der Waals surface area contributed by atoms with Gasteiger partial charge in [-0.05, 0) is 36.8 Å². The first-order valence-electron chi connectivity index (χ1n) is 10.2. The smallest absolute Gasteiger partial charge is 0.267 e. The van der Waals surface area contributed by atoms with Crippen LogP contribution in [0, 0.1) is 0 Å². The van der Waals surface area contributed by atoms with Crippen molar-refractivity contribution >= 4 is 23.3 Å². The zero-order valence-corrected chi connectivity index (χ0v) is 17.0. The van der Waals surface area contributed by atoms with Crippen LogP contribution < -0.4 is 19.9 Å². The molecule has 2 aromatic rings. The summed E-state index contributed by atoms with van der Waals surface area (Å²) in [4.78, 5) is 33.2. The van der Waals surface area contributed by atoms with Gasteiger partial charge in [-0.3, -0.25) is 9.59 Å². The highest BCUT2D eigenvalue weighted by atomic mass is 16.5. The van der Waals surface area contributed by atoms with Crippen molar-refractivity contribution in [3.05, 3.63) is 48.2 Å². The predicted molar refractivity (Wildman–Crippen MR) is 113 cm³/mol. The van der Waals surface area contributed by atoms with E-state index in [1.54, 1.807) is 18.0 Å². The Balaban J connectivity index is 1.32. The average molecular weight is 410 g/mol. The molecule has 1 saturated heterocycles. The van der Waals surface area contributed by atoms with Crippen molar-refractivity contribution in [3.63, 3.8) is 0 Å². The number of hydrogen-bond acceptors (Lipinski definition) is 6. The SMILES string of the molecule is CC1Oc2ccccc2N(CCC(=O)NCc2ccnc(N3CCOCC3)c2)C1=O. The molecule has 8 heteroatoms. The number of morpholine rings is 1. The van der Waals surface area contributed by atoms with E-state index in [-0.39, 0.29) is 18.2 Å². The first-order chi connectivity index (χ1) is 14.6. The van der Waals surface area contributed by atoms with E-state index in [0.29, 0.717) is 37.7 Å². The molecule has 0 aliphatic carbocycles. The van der Waals surface area contributed by atoms with Crippen LogP contribution in [-0.2, 0) is 20.9 Å². The van der Waals surface area contributed by atoms with Crippen molar-refractivity contribution in [2.45, 2.75) is 26.0 Å². The molecule has 1 aromatic heterocycles. The Bertz CT molecular complexity index is 914. The number of aromatic nitrogens is 1. The number of rotatable bonds is 6. The molecule has 1 aromatic carbocycles. The molecule has 2 aliphatic heterocycles. The molecular formula is C22H26N4O4. The van der Waals surface area contributed by atoms with Gasteiger partial charge in [0.1, 0.15) is 11.6 Å². The van der Waals surface area contributed by atoms with Crippen LogP contribution in [0.15, 0.2) is 42.6 Å². The molecular weight excluding hydrogens is 384 g/mol. The van der Waals surface area contributed by atoms with Crippen LogP contribution in [0.4, 0.5) is 11.5 Å². The van der Waals surface area contributed by atoms with E-state index < -0.39 is 6.10 Å². The van der Waals surface area contributed by atoms with E-state index in [1.807, 2.05) is 36.4 Å². The van der Waals surface area contributed by atoms with Gasteiger partial charge in [-0.15, -0.1) is 0 Å². The van der Waals surface area contributed by atoms with Gasteiger partial charge in [0.05, 0.1) is 18.9 Å². The van der Waals surface area contributed by atoms with Gasteiger partial charge < -0.3 is 24.6 Å². The summed E-state index contributed by atoms with van der Waals surface area (Å²) in [7, 11) is 0. The van der Waals surface area contributed by atoms with E-state index in [2.05, 4.69) is 15.2 Å². The van der Waals surface area contributed by atoms with Crippen LogP contribution in [-0.4, -0.2) is 55.8 Å². The Morgan fingerprint density at radius 1 is 1.23 bits per heavy atom. The summed E-state index contributed by atoms with van der Waals surface area (Å²) in [6.45, 7) is 5.48. The largest absolute Gasteiger partial charge is 0.479 e. The van der Waals surface area contributed by atoms with Gasteiger partial charge in [0.2, 0.25) is 5.91 Å². The van der Waals surface area contributed by atoms with Crippen LogP contribution in [0.3, 0.4) is 0 Å². The Kier molecular flexibility index (Phi) is 6.13. The minimum absolute atomic E-state index is 0.107. The fourth-order valence-corrected chi connectivity index (χ4v) is 3.63. The monoisotopic (exact) mass is 410 g/mol. The summed E-state index contributed by atoms with van der Waals surface area (Å²) in [5, 5.41) is 2.94. The van der Waals surface area contributed by atoms with Gasteiger partial charge in [-0.25, -0.2) is 4.98 Å². The molecule has 30 heavy (non-hydrogen) atoms. The number of benzene rings is 1. The number of anilines is 2. The molecule has 1 unspecified atom stereocenters. The van der Waals surface area contributed by atoms with Gasteiger partial charge >= 0.3 is 0 Å². The van der Waals surface area contributed by atoms with Crippen LogP contribution in [0.5, 0.6) is 5.75 Å². The first kappa shape index (κ1) is 20.2. The Labute approximate surface area is 175 Å². The Hall–Kier alpha value is -3.13. The van der Waals surface area contributed by atoms with E-state index >= 15 is 0 Å². The summed E-state index contributed by atoms with van der Waals surface area (Å²) in [6.07, 6.45) is 1.42. The predicted octanol–water partition coefficient (Wildman–Crippen LogP) is 1.74. The molecule has 0 bridgehead atoms. The summed E-state index contributed by atoms with van der Waals surface area (Å²) < 4.78 is 11.0. The highest BCUT2D eigenvalue weighted by Crippen LogP contribution is 2.33. The number of nitrogens with one attached hydrogen (secondary N) is 1.